The van der Waals surface area contributed by atoms with E-state index >= 15 is 4.79 Å². The molecule has 2 saturated heterocycles. The number of Topliss-reactive ketones (excluding diaryl/α,β-unsaturated/α-hetero) is 1. The van der Waals surface area contributed by atoms with Crippen molar-refractivity contribution in [2.45, 2.75) is 107 Å². The number of methoxy groups -OCH3 is 1. The lowest BCUT2D eigenvalue weighted by molar-refractivity contribution is -0.145. The highest BCUT2D eigenvalue weighted by Gasteiger charge is 2.61. The Kier molecular flexibility index (Phi) is 11.9. The molecule has 12 nitrogen and oxygen atoms in total. The summed E-state index contributed by atoms with van der Waals surface area (Å²) in [7, 11) is -2.26. The van der Waals surface area contributed by atoms with Crippen LogP contribution in [0.15, 0.2) is 67.3 Å². The number of hydrogen-bond acceptors (Lipinski definition) is 9. The Labute approximate surface area is 347 Å². The van der Waals surface area contributed by atoms with Crippen molar-refractivity contribution in [3.63, 3.8) is 0 Å². The fraction of sp³-hybridized carbons (Fsp3) is 0.543. The van der Waals surface area contributed by atoms with Crippen LogP contribution in [0.25, 0.3) is 22.2 Å². The SMILES string of the molecule is C=CC1C[C@]1(CC(=O)[C@@H]1C[C@@H](Oc2cc(-c3ccccc3)nc3cc(OC)ccc23)CN1C(=O)[C@@H](CC(=O)N1CCCCC1)CC1CCCC1)C(=O)NS(=O)(=O)C1CC1. The molecule has 5 aliphatic rings. The minimum absolute atomic E-state index is 0.0256. The highest BCUT2D eigenvalue weighted by Crippen LogP contribution is 2.57. The van der Waals surface area contributed by atoms with Gasteiger partial charge in [0.15, 0.2) is 5.78 Å². The van der Waals surface area contributed by atoms with E-state index in [2.05, 4.69) is 11.3 Å². The summed E-state index contributed by atoms with van der Waals surface area (Å²) in [6.07, 6.45) is 10.0. The number of rotatable bonds is 16. The molecule has 5 fully saturated rings. The lowest BCUT2D eigenvalue weighted by atomic mass is 9.88. The minimum atomic E-state index is -3.85. The van der Waals surface area contributed by atoms with Gasteiger partial charge >= 0.3 is 0 Å². The average molecular weight is 825 g/mol. The Morgan fingerprint density at radius 2 is 1.73 bits per heavy atom. The molecule has 2 aromatic carbocycles. The third-order valence-electron chi connectivity index (χ3n) is 13.4. The number of carbonyl (C=O) groups excluding carboxylic acids is 4. The van der Waals surface area contributed by atoms with E-state index < -0.39 is 44.7 Å². The summed E-state index contributed by atoms with van der Waals surface area (Å²) in [5, 5.41) is 0.141. The van der Waals surface area contributed by atoms with Gasteiger partial charge in [-0.2, -0.15) is 0 Å². The molecule has 1 aromatic heterocycles. The van der Waals surface area contributed by atoms with Gasteiger partial charge in [-0.15, -0.1) is 6.58 Å². The lowest BCUT2D eigenvalue weighted by Gasteiger charge is -2.32. The molecular formula is C46H56N4O8S. The smallest absolute Gasteiger partial charge is 0.240 e. The van der Waals surface area contributed by atoms with Gasteiger partial charge in [-0.05, 0) is 68.9 Å². The molecule has 3 saturated carbocycles. The summed E-state index contributed by atoms with van der Waals surface area (Å²) >= 11 is 0. The second-order valence-electron chi connectivity index (χ2n) is 17.5. The molecular weight excluding hydrogens is 769 g/mol. The fourth-order valence-corrected chi connectivity index (χ4v) is 11.1. The Morgan fingerprint density at radius 1 is 0.983 bits per heavy atom. The van der Waals surface area contributed by atoms with Crippen molar-refractivity contribution in [1.29, 1.82) is 0 Å². The highest BCUT2D eigenvalue weighted by molar-refractivity contribution is 7.90. The van der Waals surface area contributed by atoms with E-state index in [1.165, 1.54) is 0 Å². The number of pyridine rings is 1. The molecule has 5 atom stereocenters. The molecule has 3 heterocycles. The molecule has 3 aliphatic carbocycles. The van der Waals surface area contributed by atoms with Gasteiger partial charge in [-0.3, -0.25) is 23.9 Å². The first-order chi connectivity index (χ1) is 28.5. The largest absolute Gasteiger partial charge is 0.497 e. The van der Waals surface area contributed by atoms with Crippen LogP contribution in [0.3, 0.4) is 0 Å². The third kappa shape index (κ3) is 8.90. The fourth-order valence-electron chi connectivity index (χ4n) is 9.71. The standard InChI is InChI=1S/C46H56N4O8S/c1-3-33-27-46(33,45(54)48-59(55,56)36-17-18-36)28-41(51)40-25-35(58-42-26-38(31-14-6-4-7-15-31)47-39-24-34(57-2)16-19-37(39)42)29-50(40)44(53)32(22-30-12-8-9-13-30)23-43(52)49-20-10-5-11-21-49/h3-4,6-7,14-16,19,24,26,30,32-33,35-36,40H,1,5,8-13,17-18,20-23,25,27-29H2,2H3,(H,48,54)/t32-,33?,35-,40+,46-/m1/s1. The molecule has 1 N–H and O–H groups in total. The van der Waals surface area contributed by atoms with Crippen molar-refractivity contribution < 1.29 is 37.1 Å². The quantitative estimate of drug-likeness (QED) is 0.157. The number of aromatic nitrogens is 1. The zero-order valence-corrected chi connectivity index (χ0v) is 34.8. The maximum absolute atomic E-state index is 15.0. The second-order valence-corrected chi connectivity index (χ2v) is 19.4. The molecule has 3 amide bonds. The van der Waals surface area contributed by atoms with Crippen molar-refractivity contribution in [2.24, 2.45) is 23.2 Å². The van der Waals surface area contributed by atoms with Gasteiger partial charge in [-0.25, -0.2) is 13.4 Å². The Hall–Kier alpha value is -4.78. The minimum Gasteiger partial charge on any atom is -0.497 e. The summed E-state index contributed by atoms with van der Waals surface area (Å²) in [6, 6.07) is 16.2. The van der Waals surface area contributed by atoms with Crippen molar-refractivity contribution in [2.75, 3.05) is 26.7 Å². The summed E-state index contributed by atoms with van der Waals surface area (Å²) < 4.78 is 40.4. The summed E-state index contributed by atoms with van der Waals surface area (Å²) in [4.78, 5) is 65.7. The van der Waals surface area contributed by atoms with E-state index in [4.69, 9.17) is 14.5 Å². The van der Waals surface area contributed by atoms with Crippen LogP contribution in [0, 0.1) is 23.2 Å². The van der Waals surface area contributed by atoms with Crippen molar-refractivity contribution >= 4 is 44.4 Å². The molecule has 0 radical (unpaired) electrons. The number of allylic oxidation sites excluding steroid dienone is 1. The zero-order valence-electron chi connectivity index (χ0n) is 34.0. The van der Waals surface area contributed by atoms with Crippen LogP contribution in [0.1, 0.15) is 89.9 Å². The molecule has 0 bridgehead atoms. The number of nitrogens with one attached hydrogen (secondary N) is 1. The molecule has 59 heavy (non-hydrogen) atoms. The van der Waals surface area contributed by atoms with Crippen LogP contribution in [0.2, 0.25) is 0 Å². The van der Waals surface area contributed by atoms with Crippen molar-refractivity contribution in [3.8, 4) is 22.8 Å². The highest BCUT2D eigenvalue weighted by atomic mass is 32.2. The molecule has 1 unspecified atom stereocenters. The van der Waals surface area contributed by atoms with E-state index in [1.807, 2.05) is 59.5 Å². The van der Waals surface area contributed by atoms with Crippen LogP contribution in [0.5, 0.6) is 11.5 Å². The van der Waals surface area contributed by atoms with Crippen LogP contribution >= 0.6 is 0 Å². The van der Waals surface area contributed by atoms with Crippen LogP contribution in [-0.2, 0) is 29.2 Å². The maximum Gasteiger partial charge on any atom is 0.240 e. The lowest BCUT2D eigenvalue weighted by Crippen LogP contribution is -2.47. The van der Waals surface area contributed by atoms with E-state index in [1.54, 1.807) is 18.1 Å². The Morgan fingerprint density at radius 3 is 2.41 bits per heavy atom. The number of hydrogen-bond donors (Lipinski definition) is 1. The first-order valence-electron chi connectivity index (χ1n) is 21.5. The van der Waals surface area contributed by atoms with Crippen LogP contribution in [-0.4, -0.2) is 90.8 Å². The van der Waals surface area contributed by atoms with E-state index in [-0.39, 0.29) is 55.7 Å². The number of nitrogens with zero attached hydrogens (tertiary/aromatic N) is 3. The monoisotopic (exact) mass is 824 g/mol. The molecule has 2 aliphatic heterocycles. The van der Waals surface area contributed by atoms with Gasteiger partial charge in [0.25, 0.3) is 0 Å². The summed E-state index contributed by atoms with van der Waals surface area (Å²) in [5.74, 6) is -0.783. The molecule has 0 spiro atoms. The van der Waals surface area contributed by atoms with Crippen molar-refractivity contribution in [3.05, 3.63) is 67.3 Å². The van der Waals surface area contributed by atoms with Gasteiger partial charge < -0.3 is 19.3 Å². The zero-order chi connectivity index (χ0) is 41.3. The topological polar surface area (TPSA) is 152 Å². The number of ether oxygens (including phenoxy) is 2. The van der Waals surface area contributed by atoms with Gasteiger partial charge in [-0.1, -0.05) is 62.1 Å². The summed E-state index contributed by atoms with van der Waals surface area (Å²) in [6.45, 7) is 5.36. The van der Waals surface area contributed by atoms with Crippen LogP contribution in [0.4, 0.5) is 0 Å². The van der Waals surface area contributed by atoms with E-state index in [0.717, 1.165) is 55.9 Å². The van der Waals surface area contributed by atoms with Gasteiger partial charge in [0.05, 0.1) is 41.6 Å². The number of ketones is 1. The third-order valence-corrected chi connectivity index (χ3v) is 15.2. The number of likely N-dealkylation sites (tertiary alicyclic amines) is 2. The van der Waals surface area contributed by atoms with E-state index in [9.17, 15) is 22.8 Å². The summed E-state index contributed by atoms with van der Waals surface area (Å²) in [5.41, 5.74) is 0.962. The Bertz CT molecular complexity index is 2200. The van der Waals surface area contributed by atoms with Crippen molar-refractivity contribution in [1.82, 2.24) is 19.5 Å². The number of amides is 3. The molecule has 13 heteroatoms. The molecule has 314 valence electrons. The number of benzene rings is 2. The number of carbonyl (C=O) groups is 4. The Balaban J connectivity index is 1.11. The maximum atomic E-state index is 15.0. The first kappa shape index (κ1) is 41.0. The number of piperidine rings is 1. The van der Waals surface area contributed by atoms with Gasteiger partial charge in [0.1, 0.15) is 17.6 Å². The normalized spacial score (nSPS) is 25.1. The second kappa shape index (κ2) is 17.1. The van der Waals surface area contributed by atoms with Crippen LogP contribution < -0.4 is 14.2 Å². The first-order valence-corrected chi connectivity index (χ1v) is 23.0. The predicted molar refractivity (Wildman–Crippen MR) is 224 cm³/mol. The predicted octanol–water partition coefficient (Wildman–Crippen LogP) is 6.62. The average Bonchev–Trinajstić information content (AvgIpc) is 4.13. The number of sulfonamides is 1. The van der Waals surface area contributed by atoms with Gasteiger partial charge in [0, 0.05) is 61.4 Å². The molecule has 3 aromatic rings. The number of fused-ring (bicyclic) bond motifs is 1. The molecule has 8 rings (SSSR count). The van der Waals surface area contributed by atoms with E-state index in [0.29, 0.717) is 61.0 Å². The van der Waals surface area contributed by atoms with Gasteiger partial charge in [0.2, 0.25) is 27.7 Å².